The lowest BCUT2D eigenvalue weighted by molar-refractivity contribution is 0.662. The third-order valence-corrected chi connectivity index (χ3v) is 4.14. The molecular formula is C9H12BrN3OS. The molecule has 1 saturated heterocycles. The van der Waals surface area contributed by atoms with Gasteiger partial charge in [-0.1, -0.05) is 0 Å². The molecule has 1 aliphatic heterocycles. The van der Waals surface area contributed by atoms with Crippen molar-refractivity contribution in [1.82, 2.24) is 9.97 Å². The average molecular weight is 290 g/mol. The topological polar surface area (TPSA) is 57.8 Å². The highest BCUT2D eigenvalue weighted by Gasteiger charge is 2.15. The molecule has 0 atom stereocenters. The molecule has 0 saturated carbocycles. The molecule has 4 nitrogen and oxygen atoms in total. The Bertz CT molecular complexity index is 389. The van der Waals surface area contributed by atoms with E-state index in [4.69, 9.17) is 0 Å². The Morgan fingerprint density at radius 2 is 2.27 bits per heavy atom. The molecule has 82 valence electrons. The zero-order valence-electron chi connectivity index (χ0n) is 8.12. The summed E-state index contributed by atoms with van der Waals surface area (Å²) in [6.45, 7) is 0. The number of thioether (sulfide) groups is 1. The van der Waals surface area contributed by atoms with Gasteiger partial charge >= 0.3 is 0 Å². The second-order valence-corrected chi connectivity index (χ2v) is 5.44. The Balaban J connectivity index is 2.09. The molecule has 6 heteroatoms. The number of aromatic nitrogens is 2. The second-order valence-electron chi connectivity index (χ2n) is 3.43. The van der Waals surface area contributed by atoms with Gasteiger partial charge < -0.3 is 10.3 Å². The predicted molar refractivity (Wildman–Crippen MR) is 66.5 cm³/mol. The van der Waals surface area contributed by atoms with Crippen molar-refractivity contribution in [3.63, 3.8) is 0 Å². The van der Waals surface area contributed by atoms with Crippen LogP contribution in [-0.2, 0) is 0 Å². The Morgan fingerprint density at radius 3 is 3.00 bits per heavy atom. The Labute approximate surface area is 100 Å². The fourth-order valence-corrected chi connectivity index (χ4v) is 2.96. The van der Waals surface area contributed by atoms with Crippen molar-refractivity contribution in [1.29, 1.82) is 0 Å². The van der Waals surface area contributed by atoms with E-state index in [1.807, 2.05) is 11.8 Å². The van der Waals surface area contributed by atoms with Crippen LogP contribution in [0.15, 0.2) is 15.6 Å². The first-order chi connectivity index (χ1) is 7.27. The van der Waals surface area contributed by atoms with Crippen LogP contribution in [0.5, 0.6) is 0 Å². The van der Waals surface area contributed by atoms with Gasteiger partial charge in [-0.05, 0) is 40.3 Å². The maximum atomic E-state index is 11.3. The summed E-state index contributed by atoms with van der Waals surface area (Å²) >= 11 is 5.21. The summed E-state index contributed by atoms with van der Waals surface area (Å²) in [5.74, 6) is 3.01. The smallest absolute Gasteiger partial charge is 0.267 e. The minimum absolute atomic E-state index is 0.141. The van der Waals surface area contributed by atoms with Gasteiger partial charge in [0.05, 0.1) is 6.33 Å². The Morgan fingerprint density at radius 1 is 1.53 bits per heavy atom. The maximum absolute atomic E-state index is 11.3. The first-order valence-corrected chi connectivity index (χ1v) is 6.79. The van der Waals surface area contributed by atoms with Crippen LogP contribution in [0.25, 0.3) is 0 Å². The maximum Gasteiger partial charge on any atom is 0.267 e. The van der Waals surface area contributed by atoms with Crippen LogP contribution in [0.2, 0.25) is 0 Å². The van der Waals surface area contributed by atoms with E-state index in [1.165, 1.54) is 17.8 Å². The number of aromatic amines is 1. The van der Waals surface area contributed by atoms with Gasteiger partial charge in [0.25, 0.3) is 5.56 Å². The van der Waals surface area contributed by atoms with Crippen molar-refractivity contribution in [2.45, 2.75) is 18.9 Å². The largest absolute Gasteiger partial charge is 0.366 e. The number of rotatable bonds is 2. The number of nitrogens with one attached hydrogen (secondary N) is 2. The molecule has 2 N–H and O–H groups in total. The SMILES string of the molecule is O=c1[nH]cnc(NC2CCSCC2)c1Br. The lowest BCUT2D eigenvalue weighted by Gasteiger charge is -2.23. The van der Waals surface area contributed by atoms with Gasteiger partial charge in [0, 0.05) is 6.04 Å². The van der Waals surface area contributed by atoms with Gasteiger partial charge in [0.1, 0.15) is 10.3 Å². The molecule has 1 fully saturated rings. The van der Waals surface area contributed by atoms with Gasteiger partial charge in [-0.25, -0.2) is 4.98 Å². The van der Waals surface area contributed by atoms with Crippen molar-refractivity contribution >= 4 is 33.5 Å². The highest BCUT2D eigenvalue weighted by Crippen LogP contribution is 2.22. The Kier molecular flexibility index (Phi) is 3.69. The van der Waals surface area contributed by atoms with Gasteiger partial charge in [-0.15, -0.1) is 0 Å². The normalized spacial score (nSPS) is 17.7. The minimum Gasteiger partial charge on any atom is -0.366 e. The van der Waals surface area contributed by atoms with E-state index in [2.05, 4.69) is 31.2 Å². The molecule has 0 radical (unpaired) electrons. The van der Waals surface area contributed by atoms with Crippen LogP contribution in [-0.4, -0.2) is 27.5 Å². The van der Waals surface area contributed by atoms with Crippen molar-refractivity contribution in [3.8, 4) is 0 Å². The summed E-state index contributed by atoms with van der Waals surface area (Å²) in [5.41, 5.74) is -0.141. The van der Waals surface area contributed by atoms with E-state index in [-0.39, 0.29) is 5.56 Å². The van der Waals surface area contributed by atoms with Crippen molar-refractivity contribution in [2.24, 2.45) is 0 Å². The molecule has 0 aliphatic carbocycles. The Hall–Kier alpha value is -0.490. The van der Waals surface area contributed by atoms with Crippen LogP contribution < -0.4 is 10.9 Å². The van der Waals surface area contributed by atoms with Gasteiger partial charge in [0.15, 0.2) is 0 Å². The quantitative estimate of drug-likeness (QED) is 0.872. The molecule has 1 aromatic heterocycles. The summed E-state index contributed by atoms with van der Waals surface area (Å²) < 4.78 is 0.489. The number of hydrogen-bond acceptors (Lipinski definition) is 4. The van der Waals surface area contributed by atoms with Gasteiger partial charge in [0.2, 0.25) is 0 Å². The summed E-state index contributed by atoms with van der Waals surface area (Å²) in [6, 6.07) is 0.442. The molecule has 0 aromatic carbocycles. The monoisotopic (exact) mass is 289 g/mol. The molecule has 2 heterocycles. The number of H-pyrrole nitrogens is 1. The van der Waals surface area contributed by atoms with E-state index in [9.17, 15) is 4.79 Å². The van der Waals surface area contributed by atoms with E-state index >= 15 is 0 Å². The lowest BCUT2D eigenvalue weighted by atomic mass is 10.1. The molecule has 2 rings (SSSR count). The second kappa shape index (κ2) is 5.03. The van der Waals surface area contributed by atoms with E-state index < -0.39 is 0 Å². The molecule has 0 spiro atoms. The molecule has 0 unspecified atom stereocenters. The summed E-state index contributed by atoms with van der Waals surface area (Å²) in [5, 5.41) is 3.30. The van der Waals surface area contributed by atoms with Crippen molar-refractivity contribution < 1.29 is 0 Å². The van der Waals surface area contributed by atoms with E-state index in [1.54, 1.807) is 0 Å². The summed E-state index contributed by atoms with van der Waals surface area (Å²) in [6.07, 6.45) is 3.68. The molecule has 1 aliphatic rings. The zero-order valence-corrected chi connectivity index (χ0v) is 10.5. The standard InChI is InChI=1S/C9H12BrN3OS/c10-7-8(11-5-12-9(7)14)13-6-1-3-15-4-2-6/h5-6H,1-4H2,(H2,11,12,13,14). The summed E-state index contributed by atoms with van der Waals surface area (Å²) in [4.78, 5) is 17.9. The fourth-order valence-electron chi connectivity index (χ4n) is 1.52. The predicted octanol–water partition coefficient (Wildman–Crippen LogP) is 1.84. The number of hydrogen-bond donors (Lipinski definition) is 2. The molecule has 0 bridgehead atoms. The van der Waals surface area contributed by atoms with Gasteiger partial charge in [-0.2, -0.15) is 11.8 Å². The van der Waals surface area contributed by atoms with Crippen LogP contribution in [0, 0.1) is 0 Å². The highest BCUT2D eigenvalue weighted by atomic mass is 79.9. The van der Waals surface area contributed by atoms with Crippen LogP contribution in [0.4, 0.5) is 5.82 Å². The third kappa shape index (κ3) is 2.75. The fraction of sp³-hybridized carbons (Fsp3) is 0.556. The van der Waals surface area contributed by atoms with Crippen LogP contribution in [0.3, 0.4) is 0 Å². The number of anilines is 1. The van der Waals surface area contributed by atoms with Crippen molar-refractivity contribution in [2.75, 3.05) is 16.8 Å². The third-order valence-electron chi connectivity index (χ3n) is 2.36. The van der Waals surface area contributed by atoms with Crippen LogP contribution >= 0.6 is 27.7 Å². The van der Waals surface area contributed by atoms with Gasteiger partial charge in [-0.3, -0.25) is 4.79 Å². The molecule has 0 amide bonds. The molecule has 1 aromatic rings. The highest BCUT2D eigenvalue weighted by molar-refractivity contribution is 9.10. The zero-order chi connectivity index (χ0) is 10.7. The first kappa shape index (κ1) is 11.0. The van der Waals surface area contributed by atoms with Crippen LogP contribution in [0.1, 0.15) is 12.8 Å². The first-order valence-electron chi connectivity index (χ1n) is 4.85. The number of nitrogens with zero attached hydrogens (tertiary/aromatic N) is 1. The summed E-state index contributed by atoms with van der Waals surface area (Å²) in [7, 11) is 0. The minimum atomic E-state index is -0.141. The van der Waals surface area contributed by atoms with E-state index in [0.29, 0.717) is 16.3 Å². The number of halogens is 1. The molecular weight excluding hydrogens is 278 g/mol. The van der Waals surface area contributed by atoms with Crippen molar-refractivity contribution in [3.05, 3.63) is 21.2 Å². The van der Waals surface area contributed by atoms with E-state index in [0.717, 1.165) is 12.8 Å². The lowest BCUT2D eigenvalue weighted by Crippen LogP contribution is -2.26. The average Bonchev–Trinajstić information content (AvgIpc) is 2.26. The molecule has 15 heavy (non-hydrogen) atoms.